The molecule has 5 heteroatoms. The number of hydrogen-bond donors (Lipinski definition) is 0. The fourth-order valence-electron chi connectivity index (χ4n) is 2.65. The van der Waals surface area contributed by atoms with Crippen LogP contribution >= 0.6 is 0 Å². The molecule has 0 aliphatic carbocycles. The van der Waals surface area contributed by atoms with Crippen molar-refractivity contribution in [3.8, 4) is 0 Å². The molecule has 4 nitrogen and oxygen atoms in total. The first-order valence-corrected chi connectivity index (χ1v) is 7.44. The van der Waals surface area contributed by atoms with Crippen LogP contribution in [0.2, 0.25) is 0 Å². The number of nitrogens with zero attached hydrogens (tertiary/aromatic N) is 2. The second kappa shape index (κ2) is 7.52. The van der Waals surface area contributed by atoms with Crippen LogP contribution in [0.15, 0.2) is 24.3 Å². The van der Waals surface area contributed by atoms with Crippen molar-refractivity contribution >= 4 is 5.97 Å². The minimum absolute atomic E-state index is 0.0432. The van der Waals surface area contributed by atoms with Crippen molar-refractivity contribution in [1.82, 2.24) is 9.80 Å². The summed E-state index contributed by atoms with van der Waals surface area (Å²) in [6.07, 6.45) is 0.309. The second-order valence-corrected chi connectivity index (χ2v) is 5.42. The fraction of sp³-hybridized carbons (Fsp3) is 0.562. The van der Waals surface area contributed by atoms with E-state index in [1.165, 1.54) is 12.1 Å². The molecule has 1 aromatic carbocycles. The average molecular weight is 294 g/mol. The highest BCUT2D eigenvalue weighted by Gasteiger charge is 2.26. The Morgan fingerprint density at radius 2 is 1.86 bits per heavy atom. The maximum atomic E-state index is 13.1. The van der Waals surface area contributed by atoms with E-state index in [0.717, 1.165) is 31.7 Å². The van der Waals surface area contributed by atoms with Gasteiger partial charge in [0.05, 0.1) is 13.0 Å². The molecule has 0 amide bonds. The third kappa shape index (κ3) is 4.51. The molecular weight excluding hydrogens is 271 g/mol. The van der Waals surface area contributed by atoms with Gasteiger partial charge in [0.25, 0.3) is 0 Å². The molecule has 0 N–H and O–H groups in total. The van der Waals surface area contributed by atoms with E-state index in [4.69, 9.17) is 4.74 Å². The summed E-state index contributed by atoms with van der Waals surface area (Å²) in [7, 11) is 2.09. The van der Waals surface area contributed by atoms with Crippen molar-refractivity contribution in [2.45, 2.75) is 19.4 Å². The molecule has 1 atom stereocenters. The van der Waals surface area contributed by atoms with Crippen LogP contribution in [0.3, 0.4) is 0 Å². The summed E-state index contributed by atoms with van der Waals surface area (Å²) in [5.41, 5.74) is 0.967. The van der Waals surface area contributed by atoms with E-state index < -0.39 is 0 Å². The first-order valence-electron chi connectivity index (χ1n) is 7.44. The Kier molecular flexibility index (Phi) is 5.70. The topological polar surface area (TPSA) is 32.8 Å². The van der Waals surface area contributed by atoms with Gasteiger partial charge in [-0.15, -0.1) is 0 Å². The van der Waals surface area contributed by atoms with Crippen LogP contribution in [0, 0.1) is 5.82 Å². The van der Waals surface area contributed by atoms with Gasteiger partial charge in [0, 0.05) is 32.2 Å². The van der Waals surface area contributed by atoms with Gasteiger partial charge in [0.2, 0.25) is 0 Å². The molecule has 1 saturated heterocycles. The van der Waals surface area contributed by atoms with Crippen LogP contribution in [-0.2, 0) is 9.53 Å². The number of benzene rings is 1. The lowest BCUT2D eigenvalue weighted by Crippen LogP contribution is -2.46. The molecule has 1 aromatic rings. The van der Waals surface area contributed by atoms with Crippen molar-refractivity contribution in [3.63, 3.8) is 0 Å². The zero-order chi connectivity index (χ0) is 15.2. The van der Waals surface area contributed by atoms with Gasteiger partial charge < -0.3 is 9.64 Å². The highest BCUT2D eigenvalue weighted by molar-refractivity contribution is 5.70. The van der Waals surface area contributed by atoms with Crippen molar-refractivity contribution in [2.75, 3.05) is 39.8 Å². The van der Waals surface area contributed by atoms with E-state index in [1.807, 2.05) is 0 Å². The lowest BCUT2D eigenvalue weighted by molar-refractivity contribution is -0.144. The van der Waals surface area contributed by atoms with Gasteiger partial charge in [0.1, 0.15) is 5.82 Å². The largest absolute Gasteiger partial charge is 0.466 e. The van der Waals surface area contributed by atoms with Gasteiger partial charge in [-0.05, 0) is 31.7 Å². The van der Waals surface area contributed by atoms with Crippen LogP contribution < -0.4 is 0 Å². The molecular formula is C16H23FN2O2. The normalized spacial score (nSPS) is 18.4. The lowest BCUT2D eigenvalue weighted by Gasteiger charge is -2.37. The Bertz CT molecular complexity index is 456. The van der Waals surface area contributed by atoms with Gasteiger partial charge in [-0.3, -0.25) is 9.69 Å². The van der Waals surface area contributed by atoms with E-state index >= 15 is 0 Å². The van der Waals surface area contributed by atoms with Gasteiger partial charge in [0.15, 0.2) is 0 Å². The molecule has 0 spiro atoms. The molecule has 1 fully saturated rings. The smallest absolute Gasteiger partial charge is 0.307 e. The third-order valence-electron chi connectivity index (χ3n) is 3.90. The quantitative estimate of drug-likeness (QED) is 0.778. The first kappa shape index (κ1) is 15.9. The summed E-state index contributed by atoms with van der Waals surface area (Å²) >= 11 is 0. The van der Waals surface area contributed by atoms with Gasteiger partial charge in [-0.1, -0.05) is 12.1 Å². The molecule has 116 valence electrons. The Morgan fingerprint density at radius 3 is 2.43 bits per heavy atom. The van der Waals surface area contributed by atoms with E-state index in [-0.39, 0.29) is 17.8 Å². The highest BCUT2D eigenvalue weighted by Crippen LogP contribution is 2.26. The van der Waals surface area contributed by atoms with Crippen LogP contribution in [0.25, 0.3) is 0 Å². The maximum Gasteiger partial charge on any atom is 0.307 e. The van der Waals surface area contributed by atoms with E-state index in [9.17, 15) is 9.18 Å². The number of halogens is 1. The van der Waals surface area contributed by atoms with Crippen LogP contribution in [0.1, 0.15) is 24.9 Å². The van der Waals surface area contributed by atoms with Crippen molar-refractivity contribution < 1.29 is 13.9 Å². The number of carbonyl (C=O) groups is 1. The maximum absolute atomic E-state index is 13.1. The summed E-state index contributed by atoms with van der Waals surface area (Å²) in [6.45, 7) is 5.94. The Morgan fingerprint density at radius 1 is 1.24 bits per heavy atom. The minimum Gasteiger partial charge on any atom is -0.466 e. The second-order valence-electron chi connectivity index (χ2n) is 5.42. The SMILES string of the molecule is CCOC(=O)CC(c1ccc(F)cc1)N1CCN(C)CC1. The number of esters is 1. The molecule has 0 radical (unpaired) electrons. The molecule has 0 aromatic heterocycles. The molecule has 1 aliphatic heterocycles. The number of rotatable bonds is 5. The number of piperazine rings is 1. The van der Waals surface area contributed by atoms with E-state index in [0.29, 0.717) is 13.0 Å². The molecule has 0 saturated carbocycles. The molecule has 0 bridgehead atoms. The molecule has 1 aliphatic rings. The predicted molar refractivity (Wildman–Crippen MR) is 79.5 cm³/mol. The molecule has 2 rings (SSSR count). The summed E-state index contributed by atoms with van der Waals surface area (Å²) in [6, 6.07) is 6.38. The minimum atomic E-state index is -0.257. The summed E-state index contributed by atoms with van der Waals surface area (Å²) in [5, 5.41) is 0. The van der Waals surface area contributed by atoms with Crippen LogP contribution in [-0.4, -0.2) is 55.6 Å². The van der Waals surface area contributed by atoms with E-state index in [2.05, 4.69) is 16.8 Å². The fourth-order valence-corrected chi connectivity index (χ4v) is 2.65. The van der Waals surface area contributed by atoms with Gasteiger partial charge in [-0.2, -0.15) is 0 Å². The van der Waals surface area contributed by atoms with Crippen molar-refractivity contribution in [3.05, 3.63) is 35.6 Å². The van der Waals surface area contributed by atoms with Crippen LogP contribution in [0.4, 0.5) is 4.39 Å². The summed E-state index contributed by atoms with van der Waals surface area (Å²) < 4.78 is 18.2. The first-order chi connectivity index (χ1) is 10.1. The average Bonchev–Trinajstić information content (AvgIpc) is 2.47. The molecule has 1 unspecified atom stereocenters. The Labute approximate surface area is 125 Å². The third-order valence-corrected chi connectivity index (χ3v) is 3.90. The Balaban J connectivity index is 2.13. The molecule has 21 heavy (non-hydrogen) atoms. The standard InChI is InChI=1S/C16H23FN2O2/c1-3-21-16(20)12-15(13-4-6-14(17)7-5-13)19-10-8-18(2)9-11-19/h4-7,15H,3,8-12H2,1-2H3. The zero-order valence-electron chi connectivity index (χ0n) is 12.7. The molecule has 1 heterocycles. The summed E-state index contributed by atoms with van der Waals surface area (Å²) in [5.74, 6) is -0.460. The lowest BCUT2D eigenvalue weighted by atomic mass is 10.0. The summed E-state index contributed by atoms with van der Waals surface area (Å²) in [4.78, 5) is 16.4. The van der Waals surface area contributed by atoms with Gasteiger partial charge >= 0.3 is 5.97 Å². The monoisotopic (exact) mass is 294 g/mol. The van der Waals surface area contributed by atoms with Crippen molar-refractivity contribution in [1.29, 1.82) is 0 Å². The van der Waals surface area contributed by atoms with Crippen LogP contribution in [0.5, 0.6) is 0 Å². The number of likely N-dealkylation sites (N-methyl/N-ethyl adjacent to an activating group) is 1. The Hall–Kier alpha value is -1.46. The van der Waals surface area contributed by atoms with Gasteiger partial charge in [-0.25, -0.2) is 4.39 Å². The zero-order valence-corrected chi connectivity index (χ0v) is 12.7. The van der Waals surface area contributed by atoms with Crippen molar-refractivity contribution in [2.24, 2.45) is 0 Å². The number of hydrogen-bond acceptors (Lipinski definition) is 4. The number of ether oxygens (including phenoxy) is 1. The van der Waals surface area contributed by atoms with E-state index in [1.54, 1.807) is 19.1 Å². The number of carbonyl (C=O) groups excluding carboxylic acids is 1. The predicted octanol–water partition coefficient (Wildman–Crippen LogP) is 2.07. The highest BCUT2D eigenvalue weighted by atomic mass is 19.1.